The van der Waals surface area contributed by atoms with Gasteiger partial charge in [-0.3, -0.25) is 14.5 Å². The third-order valence-corrected chi connectivity index (χ3v) is 9.63. The lowest BCUT2D eigenvalue weighted by molar-refractivity contribution is -0.166. The second-order valence-corrected chi connectivity index (χ2v) is 12.3. The van der Waals surface area contributed by atoms with E-state index in [1.54, 1.807) is 0 Å². The van der Waals surface area contributed by atoms with E-state index >= 15 is 0 Å². The number of aliphatic hydroxyl groups excluding tert-OH is 1. The van der Waals surface area contributed by atoms with Crippen LogP contribution in [-0.2, 0) is 29.0 Å². The molecule has 0 radical (unpaired) electrons. The van der Waals surface area contributed by atoms with Crippen molar-refractivity contribution in [3.8, 4) is 0 Å². The Kier molecular flexibility index (Phi) is 11.3. The van der Waals surface area contributed by atoms with Crippen molar-refractivity contribution in [2.45, 2.75) is 102 Å². The fourth-order valence-electron chi connectivity index (χ4n) is 7.04. The van der Waals surface area contributed by atoms with E-state index < -0.39 is 17.7 Å². The Hall–Kier alpha value is -2.41. The van der Waals surface area contributed by atoms with Gasteiger partial charge in [0.25, 0.3) is 0 Å². The quantitative estimate of drug-likeness (QED) is 0.399. The number of hydrogen-bond acceptors (Lipinski definition) is 4. The Morgan fingerprint density at radius 3 is 2.15 bits per heavy atom. The van der Waals surface area contributed by atoms with Crippen molar-refractivity contribution in [2.24, 2.45) is 5.92 Å². The first-order chi connectivity index (χ1) is 19.5. The number of amides is 2. The number of carbonyl (C=O) groups is 2. The molecule has 2 N–H and O–H groups in total. The topological polar surface area (TPSA) is 72.9 Å². The van der Waals surface area contributed by atoms with Crippen LogP contribution in [0.4, 0.5) is 0 Å². The molecule has 2 aromatic rings. The summed E-state index contributed by atoms with van der Waals surface area (Å²) in [6.07, 6.45) is 9.62. The molecule has 1 aliphatic carbocycles. The number of benzene rings is 2. The Labute approximate surface area is 252 Å². The lowest BCUT2D eigenvalue weighted by Crippen LogP contribution is -2.75. The standard InChI is InChI=1S/C34H47N3O3.ClH/c1-2-3-22-37-32(39)30(31(38)29-12-8-5-9-13-29)35-33(40)34(37)20-23-36(24-21-34)25-28-18-16-27(17-19-28)15-14-26-10-6-4-7-11-26;/h4,6-7,10-11,16-19,29-31,38H,2-3,5,8-9,12-15,20-25H2,1H3,(H,35,40);1H/t30-,31-;/m1./s1. The van der Waals surface area contributed by atoms with Crippen LogP contribution in [0.2, 0.25) is 0 Å². The molecule has 224 valence electrons. The Balaban J connectivity index is 0.00000387. The van der Waals surface area contributed by atoms with Gasteiger partial charge in [0.15, 0.2) is 0 Å². The molecule has 41 heavy (non-hydrogen) atoms. The summed E-state index contributed by atoms with van der Waals surface area (Å²) in [4.78, 5) is 31.8. The zero-order valence-corrected chi connectivity index (χ0v) is 25.4. The van der Waals surface area contributed by atoms with E-state index in [2.05, 4.69) is 71.7 Å². The summed E-state index contributed by atoms with van der Waals surface area (Å²) in [5, 5.41) is 14.2. The van der Waals surface area contributed by atoms with E-state index in [1.807, 2.05) is 4.90 Å². The van der Waals surface area contributed by atoms with Gasteiger partial charge in [-0.15, -0.1) is 12.4 Å². The van der Waals surface area contributed by atoms with E-state index in [0.29, 0.717) is 19.4 Å². The molecular weight excluding hydrogens is 534 g/mol. The number of nitrogens with one attached hydrogen (secondary N) is 1. The molecule has 1 saturated carbocycles. The molecule has 0 unspecified atom stereocenters. The zero-order chi connectivity index (χ0) is 28.0. The molecule has 2 saturated heterocycles. The molecule has 3 fully saturated rings. The third kappa shape index (κ3) is 7.33. The molecule has 5 rings (SSSR count). The maximum absolute atomic E-state index is 13.8. The minimum Gasteiger partial charge on any atom is -0.390 e. The second-order valence-electron chi connectivity index (χ2n) is 12.3. The Morgan fingerprint density at radius 1 is 0.902 bits per heavy atom. The molecule has 6 nitrogen and oxygen atoms in total. The molecule has 2 aliphatic heterocycles. The fraction of sp³-hybridized carbons (Fsp3) is 0.588. The van der Waals surface area contributed by atoms with E-state index in [0.717, 1.165) is 71.0 Å². The van der Waals surface area contributed by atoms with Crippen LogP contribution in [0.1, 0.15) is 81.4 Å². The van der Waals surface area contributed by atoms with Crippen LogP contribution in [0.5, 0.6) is 0 Å². The third-order valence-electron chi connectivity index (χ3n) is 9.63. The van der Waals surface area contributed by atoms with E-state index in [4.69, 9.17) is 0 Å². The van der Waals surface area contributed by atoms with E-state index in [1.165, 1.54) is 23.1 Å². The molecule has 3 aliphatic rings. The number of carbonyl (C=O) groups excluding carboxylic acids is 2. The fourth-order valence-corrected chi connectivity index (χ4v) is 7.04. The summed E-state index contributed by atoms with van der Waals surface area (Å²) in [6, 6.07) is 18.7. The van der Waals surface area contributed by atoms with Gasteiger partial charge in [0.2, 0.25) is 11.8 Å². The van der Waals surface area contributed by atoms with Crippen LogP contribution < -0.4 is 5.32 Å². The molecule has 2 amide bonds. The number of aliphatic hydroxyl groups is 1. The maximum atomic E-state index is 13.8. The lowest BCUT2D eigenvalue weighted by atomic mass is 9.78. The predicted molar refractivity (Wildman–Crippen MR) is 166 cm³/mol. The van der Waals surface area contributed by atoms with Gasteiger partial charge in [0, 0.05) is 26.2 Å². The number of unbranched alkanes of at least 4 members (excludes halogenated alkanes) is 1. The highest BCUT2D eigenvalue weighted by Gasteiger charge is 2.55. The monoisotopic (exact) mass is 581 g/mol. The van der Waals surface area contributed by atoms with Gasteiger partial charge in [-0.2, -0.15) is 0 Å². The van der Waals surface area contributed by atoms with Crippen LogP contribution in [-0.4, -0.2) is 64.0 Å². The van der Waals surface area contributed by atoms with Gasteiger partial charge >= 0.3 is 0 Å². The van der Waals surface area contributed by atoms with Crippen LogP contribution >= 0.6 is 12.4 Å². The minimum atomic E-state index is -0.809. The first kappa shape index (κ1) is 31.5. The average molecular weight is 582 g/mol. The van der Waals surface area contributed by atoms with Crippen LogP contribution in [0.3, 0.4) is 0 Å². The van der Waals surface area contributed by atoms with Crippen molar-refractivity contribution in [1.29, 1.82) is 0 Å². The lowest BCUT2D eigenvalue weighted by Gasteiger charge is -2.52. The molecule has 0 bridgehead atoms. The maximum Gasteiger partial charge on any atom is 0.248 e. The van der Waals surface area contributed by atoms with E-state index in [9.17, 15) is 14.7 Å². The highest BCUT2D eigenvalue weighted by Crippen LogP contribution is 2.36. The van der Waals surface area contributed by atoms with Crippen molar-refractivity contribution in [2.75, 3.05) is 19.6 Å². The van der Waals surface area contributed by atoms with Crippen molar-refractivity contribution in [3.63, 3.8) is 0 Å². The first-order valence-corrected chi connectivity index (χ1v) is 15.6. The van der Waals surface area contributed by atoms with Crippen LogP contribution in [0.25, 0.3) is 0 Å². The number of rotatable bonds is 10. The summed E-state index contributed by atoms with van der Waals surface area (Å²) >= 11 is 0. The summed E-state index contributed by atoms with van der Waals surface area (Å²) in [7, 11) is 0. The smallest absolute Gasteiger partial charge is 0.248 e. The Morgan fingerprint density at radius 2 is 1.51 bits per heavy atom. The molecule has 7 heteroatoms. The van der Waals surface area contributed by atoms with Gasteiger partial charge < -0.3 is 15.3 Å². The van der Waals surface area contributed by atoms with E-state index in [-0.39, 0.29) is 30.1 Å². The molecule has 2 aromatic carbocycles. The number of likely N-dealkylation sites (tertiary alicyclic amines) is 1. The van der Waals surface area contributed by atoms with Crippen LogP contribution in [0.15, 0.2) is 54.6 Å². The van der Waals surface area contributed by atoms with Crippen molar-refractivity contribution in [1.82, 2.24) is 15.1 Å². The number of hydrogen-bond donors (Lipinski definition) is 2. The molecule has 2 heterocycles. The van der Waals surface area contributed by atoms with Crippen LogP contribution in [0, 0.1) is 5.92 Å². The molecule has 2 atom stereocenters. The zero-order valence-electron chi connectivity index (χ0n) is 24.6. The van der Waals surface area contributed by atoms with Gasteiger partial charge in [-0.25, -0.2) is 0 Å². The van der Waals surface area contributed by atoms with Gasteiger partial charge in [0.1, 0.15) is 11.6 Å². The van der Waals surface area contributed by atoms with Crippen molar-refractivity contribution < 1.29 is 14.7 Å². The minimum absolute atomic E-state index is 0. The number of aryl methyl sites for hydroxylation is 2. The largest absolute Gasteiger partial charge is 0.390 e. The predicted octanol–water partition coefficient (Wildman–Crippen LogP) is 5.30. The number of halogens is 1. The SMILES string of the molecule is CCCCN1C(=O)[C@@H]([C@H](O)C2CCCCC2)NC(=O)C12CCN(Cc1ccc(CCc3ccccc3)cc1)CC2.Cl. The highest BCUT2D eigenvalue weighted by atomic mass is 35.5. The van der Waals surface area contributed by atoms with Gasteiger partial charge in [0.05, 0.1) is 6.10 Å². The van der Waals surface area contributed by atoms with Gasteiger partial charge in [-0.1, -0.05) is 87.2 Å². The number of nitrogens with zero attached hydrogens (tertiary/aromatic N) is 2. The highest BCUT2D eigenvalue weighted by molar-refractivity contribution is 6.00. The summed E-state index contributed by atoms with van der Waals surface area (Å²) in [5.41, 5.74) is 3.19. The summed E-state index contributed by atoms with van der Waals surface area (Å²) in [5.74, 6) is -0.0483. The Bertz CT molecular complexity index is 1110. The van der Waals surface area contributed by atoms with Gasteiger partial charge in [-0.05, 0) is 67.6 Å². The summed E-state index contributed by atoms with van der Waals surface area (Å²) < 4.78 is 0. The number of piperazine rings is 1. The average Bonchev–Trinajstić information content (AvgIpc) is 3.00. The number of piperidine rings is 1. The summed E-state index contributed by atoms with van der Waals surface area (Å²) in [6.45, 7) is 5.10. The first-order valence-electron chi connectivity index (χ1n) is 15.6. The van der Waals surface area contributed by atoms with Crippen molar-refractivity contribution in [3.05, 3.63) is 71.3 Å². The molecule has 0 aromatic heterocycles. The molecule has 1 spiro atoms. The molecular formula is C34H48ClN3O3. The normalized spacial score (nSPS) is 22.3. The van der Waals surface area contributed by atoms with Crippen molar-refractivity contribution >= 4 is 24.2 Å². The second kappa shape index (κ2) is 14.7.